The average molecular weight is 248 g/mol. The van der Waals surface area contributed by atoms with Crippen molar-refractivity contribution in [3.05, 3.63) is 29.3 Å². The van der Waals surface area contributed by atoms with Crippen molar-refractivity contribution in [3.63, 3.8) is 0 Å². The van der Waals surface area contributed by atoms with Gasteiger partial charge in [0.05, 0.1) is 12.5 Å². The van der Waals surface area contributed by atoms with Crippen molar-refractivity contribution in [2.75, 3.05) is 6.61 Å². The van der Waals surface area contributed by atoms with Gasteiger partial charge in [0, 0.05) is 0 Å². The Morgan fingerprint density at radius 2 is 2.28 bits per heavy atom. The molecule has 0 spiro atoms. The van der Waals surface area contributed by atoms with Crippen LogP contribution < -0.4 is 4.74 Å². The van der Waals surface area contributed by atoms with E-state index >= 15 is 0 Å². The first-order chi connectivity index (χ1) is 8.61. The molecule has 1 saturated carbocycles. The van der Waals surface area contributed by atoms with Crippen LogP contribution in [0, 0.1) is 18.8 Å². The van der Waals surface area contributed by atoms with Gasteiger partial charge in [0.25, 0.3) is 0 Å². The molecule has 1 aromatic rings. The summed E-state index contributed by atoms with van der Waals surface area (Å²) in [4.78, 5) is 10.8. The number of rotatable bonds is 6. The number of benzene rings is 1. The van der Waals surface area contributed by atoms with Crippen LogP contribution in [-0.2, 0) is 11.2 Å². The molecule has 0 saturated heterocycles. The van der Waals surface area contributed by atoms with Gasteiger partial charge in [0.1, 0.15) is 5.75 Å². The SMILES string of the molecule is CCOc1ccc(CCC2CC2C(=O)O)c(C)c1. The minimum Gasteiger partial charge on any atom is -0.494 e. The Hall–Kier alpha value is -1.51. The zero-order valence-corrected chi connectivity index (χ0v) is 11.0. The summed E-state index contributed by atoms with van der Waals surface area (Å²) in [6.45, 7) is 4.74. The fraction of sp³-hybridized carbons (Fsp3) is 0.533. The predicted molar refractivity (Wildman–Crippen MR) is 69.9 cm³/mol. The summed E-state index contributed by atoms with van der Waals surface area (Å²) in [6, 6.07) is 6.15. The third-order valence-corrected chi connectivity index (χ3v) is 3.65. The van der Waals surface area contributed by atoms with Gasteiger partial charge in [-0.3, -0.25) is 4.79 Å². The van der Waals surface area contributed by atoms with Gasteiger partial charge in [0.2, 0.25) is 0 Å². The molecule has 2 atom stereocenters. The molecule has 0 aromatic heterocycles. The molecule has 1 fully saturated rings. The van der Waals surface area contributed by atoms with E-state index in [9.17, 15) is 4.79 Å². The van der Waals surface area contributed by atoms with Crippen molar-refractivity contribution in [2.45, 2.75) is 33.1 Å². The topological polar surface area (TPSA) is 46.5 Å². The number of ether oxygens (including phenoxy) is 1. The Morgan fingerprint density at radius 1 is 1.50 bits per heavy atom. The first kappa shape index (κ1) is 12.9. The summed E-state index contributed by atoms with van der Waals surface area (Å²) in [6.07, 6.45) is 2.80. The molecule has 3 nitrogen and oxygen atoms in total. The third-order valence-electron chi connectivity index (χ3n) is 3.65. The maximum absolute atomic E-state index is 10.8. The lowest BCUT2D eigenvalue weighted by molar-refractivity contribution is -0.138. The number of carboxylic acids is 1. The molecule has 18 heavy (non-hydrogen) atoms. The van der Waals surface area contributed by atoms with E-state index in [1.807, 2.05) is 13.0 Å². The normalized spacial score (nSPS) is 21.7. The highest BCUT2D eigenvalue weighted by molar-refractivity contribution is 5.73. The van der Waals surface area contributed by atoms with Crippen LogP contribution in [0.5, 0.6) is 5.75 Å². The minimum atomic E-state index is -0.636. The number of carboxylic acid groups (broad SMARTS) is 1. The summed E-state index contributed by atoms with van der Waals surface area (Å²) in [5.41, 5.74) is 2.53. The second-order valence-electron chi connectivity index (χ2n) is 5.00. The van der Waals surface area contributed by atoms with Crippen molar-refractivity contribution in [3.8, 4) is 5.75 Å². The van der Waals surface area contributed by atoms with Crippen LogP contribution in [0.2, 0.25) is 0 Å². The van der Waals surface area contributed by atoms with Crippen molar-refractivity contribution in [1.82, 2.24) is 0 Å². The molecule has 2 unspecified atom stereocenters. The third kappa shape index (κ3) is 3.03. The van der Waals surface area contributed by atoms with E-state index in [4.69, 9.17) is 9.84 Å². The Bertz CT molecular complexity index is 439. The maximum atomic E-state index is 10.8. The standard InChI is InChI=1S/C15H20O3/c1-3-18-13-7-6-11(10(2)8-13)4-5-12-9-14(12)15(16)17/h6-8,12,14H,3-5,9H2,1-2H3,(H,16,17). The number of aryl methyl sites for hydroxylation is 2. The van der Waals surface area contributed by atoms with E-state index in [-0.39, 0.29) is 5.92 Å². The molecule has 3 heteroatoms. The summed E-state index contributed by atoms with van der Waals surface area (Å²) < 4.78 is 5.45. The van der Waals surface area contributed by atoms with Gasteiger partial charge >= 0.3 is 5.97 Å². The van der Waals surface area contributed by atoms with E-state index in [2.05, 4.69) is 19.1 Å². The van der Waals surface area contributed by atoms with Gasteiger partial charge in [-0.15, -0.1) is 0 Å². The monoisotopic (exact) mass is 248 g/mol. The van der Waals surface area contributed by atoms with Crippen LogP contribution in [0.25, 0.3) is 0 Å². The molecule has 0 amide bonds. The molecule has 0 bridgehead atoms. The van der Waals surface area contributed by atoms with E-state index in [1.165, 1.54) is 11.1 Å². The summed E-state index contributed by atoms with van der Waals surface area (Å²) in [5, 5.41) is 8.85. The minimum absolute atomic E-state index is 0.0898. The lowest BCUT2D eigenvalue weighted by Crippen LogP contribution is -2.01. The summed E-state index contributed by atoms with van der Waals surface area (Å²) >= 11 is 0. The van der Waals surface area contributed by atoms with Gasteiger partial charge in [-0.25, -0.2) is 0 Å². The smallest absolute Gasteiger partial charge is 0.306 e. The zero-order chi connectivity index (χ0) is 13.1. The summed E-state index contributed by atoms with van der Waals surface area (Å²) in [7, 11) is 0. The lowest BCUT2D eigenvalue weighted by Gasteiger charge is -2.09. The Labute approximate surface area is 108 Å². The van der Waals surface area contributed by atoms with E-state index in [0.717, 1.165) is 25.0 Å². The highest BCUT2D eigenvalue weighted by atomic mass is 16.5. The molecular weight excluding hydrogens is 228 g/mol. The van der Waals surface area contributed by atoms with Crippen LogP contribution in [0.4, 0.5) is 0 Å². The molecule has 1 aliphatic rings. The largest absolute Gasteiger partial charge is 0.494 e. The number of hydrogen-bond donors (Lipinski definition) is 1. The first-order valence-electron chi connectivity index (χ1n) is 6.57. The molecule has 98 valence electrons. The Morgan fingerprint density at radius 3 is 2.83 bits per heavy atom. The number of hydrogen-bond acceptors (Lipinski definition) is 2. The Balaban J connectivity index is 1.88. The quantitative estimate of drug-likeness (QED) is 0.841. The molecule has 1 aliphatic carbocycles. The van der Waals surface area contributed by atoms with Crippen molar-refractivity contribution in [2.24, 2.45) is 11.8 Å². The van der Waals surface area contributed by atoms with Gasteiger partial charge in [-0.2, -0.15) is 0 Å². The highest BCUT2D eigenvalue weighted by Crippen LogP contribution is 2.42. The van der Waals surface area contributed by atoms with Gasteiger partial charge in [0.15, 0.2) is 0 Å². The van der Waals surface area contributed by atoms with Crippen molar-refractivity contribution in [1.29, 1.82) is 0 Å². The molecule has 1 N–H and O–H groups in total. The van der Waals surface area contributed by atoms with Crippen LogP contribution in [0.3, 0.4) is 0 Å². The second kappa shape index (κ2) is 5.42. The first-order valence-corrected chi connectivity index (χ1v) is 6.57. The predicted octanol–water partition coefficient (Wildman–Crippen LogP) is 3.05. The maximum Gasteiger partial charge on any atom is 0.306 e. The Kier molecular flexibility index (Phi) is 3.90. The lowest BCUT2D eigenvalue weighted by atomic mass is 10.0. The van der Waals surface area contributed by atoms with Crippen molar-refractivity contribution >= 4 is 5.97 Å². The number of aliphatic carboxylic acids is 1. The summed E-state index contributed by atoms with van der Waals surface area (Å²) in [5.74, 6) is 0.568. The van der Waals surface area contributed by atoms with Gasteiger partial charge in [-0.05, 0) is 62.3 Å². The van der Waals surface area contributed by atoms with E-state index in [1.54, 1.807) is 0 Å². The van der Waals surface area contributed by atoms with Crippen LogP contribution in [-0.4, -0.2) is 17.7 Å². The molecule has 1 aromatic carbocycles. The van der Waals surface area contributed by atoms with E-state index < -0.39 is 5.97 Å². The van der Waals surface area contributed by atoms with E-state index in [0.29, 0.717) is 12.5 Å². The molecule has 0 aliphatic heterocycles. The van der Waals surface area contributed by atoms with Crippen LogP contribution >= 0.6 is 0 Å². The van der Waals surface area contributed by atoms with Crippen molar-refractivity contribution < 1.29 is 14.6 Å². The fourth-order valence-corrected chi connectivity index (χ4v) is 2.42. The van der Waals surface area contributed by atoms with Crippen LogP contribution in [0.1, 0.15) is 30.9 Å². The molecule has 0 radical (unpaired) electrons. The van der Waals surface area contributed by atoms with Gasteiger partial charge < -0.3 is 9.84 Å². The second-order valence-corrected chi connectivity index (χ2v) is 5.00. The van der Waals surface area contributed by atoms with Gasteiger partial charge in [-0.1, -0.05) is 6.07 Å². The van der Waals surface area contributed by atoms with Crippen LogP contribution in [0.15, 0.2) is 18.2 Å². The molecule has 2 rings (SSSR count). The fourth-order valence-electron chi connectivity index (χ4n) is 2.42. The zero-order valence-electron chi connectivity index (χ0n) is 11.0. The molecular formula is C15H20O3. The average Bonchev–Trinajstić information content (AvgIpc) is 3.08. The molecule has 0 heterocycles. The highest BCUT2D eigenvalue weighted by Gasteiger charge is 2.42. The number of carbonyl (C=O) groups is 1.